The quantitative estimate of drug-likeness (QED) is 0.790. The van der Waals surface area contributed by atoms with Crippen molar-refractivity contribution in [2.75, 3.05) is 32.3 Å². The Bertz CT molecular complexity index is 575. The van der Waals surface area contributed by atoms with Crippen LogP contribution in [0.15, 0.2) is 12.1 Å². The molecule has 21 heavy (non-hydrogen) atoms. The average molecular weight is 336 g/mol. The topological polar surface area (TPSA) is 64.6 Å². The molecule has 0 aromatic heterocycles. The molecule has 1 rings (SSSR count). The number of hydrogen-bond donors (Lipinski definition) is 1. The van der Waals surface area contributed by atoms with Crippen LogP contribution in [0.5, 0.6) is 11.5 Å². The Kier molecular flexibility index (Phi) is 6.77. The van der Waals surface area contributed by atoms with Gasteiger partial charge in [-0.15, -0.1) is 0 Å². The first-order valence-corrected chi connectivity index (χ1v) is 9.20. The molecule has 0 spiro atoms. The average Bonchev–Trinajstić information content (AvgIpc) is 2.38. The van der Waals surface area contributed by atoms with Crippen LogP contribution in [0.1, 0.15) is 25.5 Å². The summed E-state index contributed by atoms with van der Waals surface area (Å²) in [7, 11) is -1.44. The van der Waals surface area contributed by atoms with Crippen molar-refractivity contribution in [2.24, 2.45) is 0 Å². The molecule has 1 unspecified atom stereocenters. The van der Waals surface area contributed by atoms with Gasteiger partial charge in [-0.3, -0.25) is 0 Å². The molecule has 0 fully saturated rings. The van der Waals surface area contributed by atoms with Crippen LogP contribution in [0.25, 0.3) is 0 Å². The second kappa shape index (κ2) is 7.87. The van der Waals surface area contributed by atoms with Gasteiger partial charge in [0, 0.05) is 23.4 Å². The number of sulfone groups is 1. The Morgan fingerprint density at radius 3 is 2.14 bits per heavy atom. The molecular weight excluding hydrogens is 314 g/mol. The van der Waals surface area contributed by atoms with Crippen LogP contribution in [-0.4, -0.2) is 40.7 Å². The van der Waals surface area contributed by atoms with Crippen LogP contribution < -0.4 is 14.8 Å². The first-order chi connectivity index (χ1) is 9.82. The van der Waals surface area contributed by atoms with Crippen LogP contribution in [0.4, 0.5) is 0 Å². The lowest BCUT2D eigenvalue weighted by atomic mass is 10.1. The molecule has 0 heterocycles. The molecule has 120 valence electrons. The van der Waals surface area contributed by atoms with Gasteiger partial charge in [-0.05, 0) is 32.5 Å². The van der Waals surface area contributed by atoms with Crippen LogP contribution in [0, 0.1) is 0 Å². The molecule has 5 nitrogen and oxygen atoms in total. The van der Waals surface area contributed by atoms with E-state index < -0.39 is 15.9 Å². The van der Waals surface area contributed by atoms with Gasteiger partial charge in [0.25, 0.3) is 0 Å². The Morgan fingerprint density at radius 2 is 1.71 bits per heavy atom. The fourth-order valence-corrected chi connectivity index (χ4v) is 3.22. The molecule has 0 amide bonds. The lowest BCUT2D eigenvalue weighted by Gasteiger charge is -2.20. The summed E-state index contributed by atoms with van der Waals surface area (Å²) in [4.78, 5) is 0. The Labute approximate surface area is 131 Å². The lowest BCUT2D eigenvalue weighted by Crippen LogP contribution is -2.25. The second-order valence-corrected chi connectivity index (χ2v) is 7.21. The minimum Gasteiger partial charge on any atom is -0.490 e. The maximum Gasteiger partial charge on any atom is 0.162 e. The molecule has 7 heteroatoms. The highest BCUT2D eigenvalue weighted by atomic mass is 35.5. The van der Waals surface area contributed by atoms with Crippen molar-refractivity contribution in [3.05, 3.63) is 22.7 Å². The highest BCUT2D eigenvalue weighted by Gasteiger charge is 2.21. The number of ether oxygens (including phenoxy) is 2. The number of rotatable bonds is 8. The van der Waals surface area contributed by atoms with E-state index in [-0.39, 0.29) is 5.75 Å². The summed E-state index contributed by atoms with van der Waals surface area (Å²) >= 11 is 6.27. The predicted molar refractivity (Wildman–Crippen MR) is 85.3 cm³/mol. The van der Waals surface area contributed by atoms with E-state index in [0.29, 0.717) is 35.3 Å². The highest BCUT2D eigenvalue weighted by molar-refractivity contribution is 7.90. The van der Waals surface area contributed by atoms with Gasteiger partial charge in [0.2, 0.25) is 0 Å². The van der Waals surface area contributed by atoms with Crippen molar-refractivity contribution in [1.29, 1.82) is 0 Å². The molecule has 1 aromatic rings. The third-order valence-electron chi connectivity index (χ3n) is 2.86. The maximum atomic E-state index is 11.5. The highest BCUT2D eigenvalue weighted by Crippen LogP contribution is 2.36. The fourth-order valence-electron chi connectivity index (χ4n) is 1.99. The van der Waals surface area contributed by atoms with E-state index in [1.807, 2.05) is 13.8 Å². The first kappa shape index (κ1) is 18.1. The molecule has 0 saturated heterocycles. The molecule has 0 aliphatic rings. The van der Waals surface area contributed by atoms with Crippen molar-refractivity contribution >= 4 is 21.4 Å². The molecule has 1 atom stereocenters. The summed E-state index contributed by atoms with van der Waals surface area (Å²) < 4.78 is 34.1. The fraction of sp³-hybridized carbons (Fsp3) is 0.571. The van der Waals surface area contributed by atoms with E-state index in [1.54, 1.807) is 19.2 Å². The van der Waals surface area contributed by atoms with Crippen molar-refractivity contribution in [1.82, 2.24) is 5.32 Å². The summed E-state index contributed by atoms with van der Waals surface area (Å²) in [5.74, 6) is 1.08. The van der Waals surface area contributed by atoms with Gasteiger partial charge < -0.3 is 14.8 Å². The van der Waals surface area contributed by atoms with Gasteiger partial charge in [-0.25, -0.2) is 8.42 Å². The summed E-state index contributed by atoms with van der Waals surface area (Å²) in [6.45, 7) is 4.72. The summed E-state index contributed by atoms with van der Waals surface area (Å²) in [5.41, 5.74) is 0.677. The standard InChI is InChI=1S/C14H22ClNO4S/c1-5-19-13-7-10(11(15)8-14(13)20-6-2)12(16-3)9-21(4,17)18/h7-8,12,16H,5-6,9H2,1-4H3. The van der Waals surface area contributed by atoms with Gasteiger partial charge in [-0.1, -0.05) is 11.6 Å². The van der Waals surface area contributed by atoms with Crippen LogP contribution in [0.2, 0.25) is 5.02 Å². The van der Waals surface area contributed by atoms with E-state index in [1.165, 1.54) is 6.26 Å². The second-order valence-electron chi connectivity index (χ2n) is 4.62. The van der Waals surface area contributed by atoms with Crippen molar-refractivity contribution in [3.8, 4) is 11.5 Å². The summed E-state index contributed by atoms with van der Waals surface area (Å²) in [6, 6.07) is 3.00. The zero-order valence-electron chi connectivity index (χ0n) is 12.8. The van der Waals surface area contributed by atoms with Crippen LogP contribution >= 0.6 is 11.6 Å². The summed E-state index contributed by atoms with van der Waals surface area (Å²) in [6.07, 6.45) is 1.20. The van der Waals surface area contributed by atoms with E-state index in [9.17, 15) is 8.42 Å². The molecule has 0 bridgehead atoms. The van der Waals surface area contributed by atoms with Crippen LogP contribution in [-0.2, 0) is 9.84 Å². The number of nitrogens with one attached hydrogen (secondary N) is 1. The normalized spacial score (nSPS) is 13.0. The lowest BCUT2D eigenvalue weighted by molar-refractivity contribution is 0.287. The van der Waals surface area contributed by atoms with Gasteiger partial charge in [0.15, 0.2) is 11.5 Å². The molecule has 0 radical (unpaired) electrons. The van der Waals surface area contributed by atoms with E-state index >= 15 is 0 Å². The van der Waals surface area contributed by atoms with E-state index in [0.717, 1.165) is 0 Å². The molecule has 0 aliphatic heterocycles. The van der Waals surface area contributed by atoms with E-state index in [4.69, 9.17) is 21.1 Å². The van der Waals surface area contributed by atoms with Gasteiger partial charge in [-0.2, -0.15) is 0 Å². The number of halogens is 1. The largest absolute Gasteiger partial charge is 0.490 e. The molecule has 1 aromatic carbocycles. The molecule has 1 N–H and O–H groups in total. The monoisotopic (exact) mass is 335 g/mol. The molecule has 0 saturated carbocycles. The van der Waals surface area contributed by atoms with Crippen molar-refractivity contribution in [3.63, 3.8) is 0 Å². The minimum atomic E-state index is -3.14. The number of hydrogen-bond acceptors (Lipinski definition) is 5. The molecule has 0 aliphatic carbocycles. The zero-order valence-corrected chi connectivity index (χ0v) is 14.3. The third kappa shape index (κ3) is 5.37. The maximum absolute atomic E-state index is 11.5. The minimum absolute atomic E-state index is 0.0389. The third-order valence-corrected chi connectivity index (χ3v) is 4.12. The smallest absolute Gasteiger partial charge is 0.162 e. The van der Waals surface area contributed by atoms with Crippen LogP contribution in [0.3, 0.4) is 0 Å². The van der Waals surface area contributed by atoms with Crippen molar-refractivity contribution < 1.29 is 17.9 Å². The Hall–Kier alpha value is -0.980. The number of benzene rings is 1. The summed E-state index contributed by atoms with van der Waals surface area (Å²) in [5, 5.41) is 3.43. The molecular formula is C14H22ClNO4S. The van der Waals surface area contributed by atoms with Gasteiger partial charge >= 0.3 is 0 Å². The van der Waals surface area contributed by atoms with Gasteiger partial charge in [0.05, 0.1) is 19.0 Å². The van der Waals surface area contributed by atoms with Crippen molar-refractivity contribution in [2.45, 2.75) is 19.9 Å². The zero-order chi connectivity index (χ0) is 16.0. The first-order valence-electron chi connectivity index (χ1n) is 6.76. The predicted octanol–water partition coefficient (Wildman–Crippen LogP) is 2.44. The SMILES string of the molecule is CCOc1cc(Cl)c(C(CS(C)(=O)=O)NC)cc1OCC. The Balaban J connectivity index is 3.24. The van der Waals surface area contributed by atoms with Gasteiger partial charge in [0.1, 0.15) is 9.84 Å². The van der Waals surface area contributed by atoms with E-state index in [2.05, 4.69) is 5.32 Å². The Morgan fingerprint density at radius 1 is 1.19 bits per heavy atom.